The van der Waals surface area contributed by atoms with Gasteiger partial charge in [-0.15, -0.1) is 10.2 Å². The Morgan fingerprint density at radius 1 is 1.00 bits per heavy atom. The molecule has 3 aromatic heterocycles. The van der Waals surface area contributed by atoms with Crippen molar-refractivity contribution >= 4 is 5.65 Å². The largest absolute Gasteiger partial charge is 0.443 e. The molecule has 0 bridgehead atoms. The Kier molecular flexibility index (Phi) is 3.12. The molecule has 0 aliphatic rings. The first-order valence-corrected chi connectivity index (χ1v) is 6.95. The Hall–Kier alpha value is -3.16. The molecule has 0 unspecified atom stereocenters. The maximum atomic E-state index is 13.5. The average molecular weight is 330 g/mol. The summed E-state index contributed by atoms with van der Waals surface area (Å²) >= 11 is 0. The Morgan fingerprint density at radius 2 is 1.75 bits per heavy atom. The van der Waals surface area contributed by atoms with Crippen molar-refractivity contribution in [2.24, 2.45) is 0 Å². The van der Waals surface area contributed by atoms with Gasteiger partial charge in [0.15, 0.2) is 35.3 Å². The fourth-order valence-electron chi connectivity index (χ4n) is 2.49. The van der Waals surface area contributed by atoms with Crippen molar-refractivity contribution in [1.29, 1.82) is 0 Å². The van der Waals surface area contributed by atoms with E-state index in [-0.39, 0.29) is 11.3 Å². The molecule has 0 radical (unpaired) electrons. The van der Waals surface area contributed by atoms with Crippen LogP contribution in [0.3, 0.4) is 0 Å². The van der Waals surface area contributed by atoms with Crippen LogP contribution >= 0.6 is 0 Å². The standard InChI is InChI=1S/C16H9F3N4O/c1-8-21-22-13-3-2-9(6-23(8)13)16-15(20-7-24-16)10-4-11(17)14(19)12(18)5-10/h2-7H,1H3. The fourth-order valence-corrected chi connectivity index (χ4v) is 2.49. The lowest BCUT2D eigenvalue weighted by Gasteiger charge is -2.04. The van der Waals surface area contributed by atoms with Crippen LogP contribution in [0.4, 0.5) is 13.2 Å². The summed E-state index contributed by atoms with van der Waals surface area (Å²) in [7, 11) is 0. The molecular formula is C16H9F3N4O. The number of oxazole rings is 1. The van der Waals surface area contributed by atoms with Crippen LogP contribution in [-0.2, 0) is 0 Å². The van der Waals surface area contributed by atoms with Crippen molar-refractivity contribution in [3.63, 3.8) is 0 Å². The maximum Gasteiger partial charge on any atom is 0.194 e. The Morgan fingerprint density at radius 3 is 2.50 bits per heavy atom. The molecule has 0 amide bonds. The highest BCUT2D eigenvalue weighted by atomic mass is 19.2. The van der Waals surface area contributed by atoms with Gasteiger partial charge < -0.3 is 4.42 Å². The second-order valence-corrected chi connectivity index (χ2v) is 5.18. The van der Waals surface area contributed by atoms with Gasteiger partial charge in [0, 0.05) is 17.3 Å². The smallest absolute Gasteiger partial charge is 0.194 e. The summed E-state index contributed by atoms with van der Waals surface area (Å²) in [6, 6.07) is 5.21. The Bertz CT molecular complexity index is 1050. The van der Waals surface area contributed by atoms with Gasteiger partial charge in [-0.1, -0.05) is 0 Å². The van der Waals surface area contributed by atoms with Crippen LogP contribution in [0.25, 0.3) is 28.2 Å². The van der Waals surface area contributed by atoms with Gasteiger partial charge in [0.25, 0.3) is 0 Å². The number of hydrogen-bond donors (Lipinski definition) is 0. The second-order valence-electron chi connectivity index (χ2n) is 5.18. The lowest BCUT2D eigenvalue weighted by molar-refractivity contribution is 0.447. The van der Waals surface area contributed by atoms with Crippen molar-refractivity contribution in [3.05, 3.63) is 60.1 Å². The van der Waals surface area contributed by atoms with E-state index < -0.39 is 17.5 Å². The molecule has 4 aromatic rings. The lowest BCUT2D eigenvalue weighted by Crippen LogP contribution is -1.94. The van der Waals surface area contributed by atoms with E-state index >= 15 is 0 Å². The first-order valence-electron chi connectivity index (χ1n) is 6.95. The van der Waals surface area contributed by atoms with Crippen LogP contribution in [0.15, 0.2) is 41.3 Å². The minimum atomic E-state index is -1.52. The van der Waals surface area contributed by atoms with E-state index in [1.54, 1.807) is 29.7 Å². The molecule has 1 aromatic carbocycles. The molecule has 3 heterocycles. The number of hydrogen-bond acceptors (Lipinski definition) is 4. The molecule has 120 valence electrons. The zero-order valence-corrected chi connectivity index (χ0v) is 12.3. The van der Waals surface area contributed by atoms with Crippen LogP contribution in [0.2, 0.25) is 0 Å². The molecule has 5 nitrogen and oxygen atoms in total. The Labute approximate surface area is 133 Å². The zero-order chi connectivity index (χ0) is 16.8. The highest BCUT2D eigenvalue weighted by Crippen LogP contribution is 2.32. The van der Waals surface area contributed by atoms with Crippen molar-refractivity contribution in [2.75, 3.05) is 0 Å². The van der Waals surface area contributed by atoms with E-state index in [2.05, 4.69) is 15.2 Å². The average Bonchev–Trinajstić information content (AvgIpc) is 3.19. The number of nitrogens with zero attached hydrogens (tertiary/aromatic N) is 4. The highest BCUT2D eigenvalue weighted by Gasteiger charge is 2.18. The summed E-state index contributed by atoms with van der Waals surface area (Å²) in [6.07, 6.45) is 2.89. The van der Waals surface area contributed by atoms with Crippen molar-refractivity contribution < 1.29 is 17.6 Å². The molecule has 0 aliphatic heterocycles. The molecule has 24 heavy (non-hydrogen) atoms. The van der Waals surface area contributed by atoms with Gasteiger partial charge in [-0.25, -0.2) is 18.2 Å². The van der Waals surface area contributed by atoms with Gasteiger partial charge >= 0.3 is 0 Å². The molecule has 0 spiro atoms. The van der Waals surface area contributed by atoms with Gasteiger partial charge in [-0.3, -0.25) is 4.40 Å². The number of halogens is 3. The molecule has 0 aliphatic carbocycles. The lowest BCUT2D eigenvalue weighted by atomic mass is 10.1. The summed E-state index contributed by atoms with van der Waals surface area (Å²) in [6.45, 7) is 1.79. The van der Waals surface area contributed by atoms with Gasteiger partial charge in [-0.05, 0) is 31.2 Å². The number of aromatic nitrogens is 4. The second kappa shape index (κ2) is 5.19. The van der Waals surface area contributed by atoms with Crippen LogP contribution in [0.5, 0.6) is 0 Å². The molecular weight excluding hydrogens is 321 g/mol. The predicted octanol–water partition coefficient (Wildman–Crippen LogP) is 3.78. The summed E-state index contributed by atoms with van der Waals surface area (Å²) in [5.41, 5.74) is 1.55. The SMILES string of the molecule is Cc1nnc2ccc(-c3ocnc3-c3cc(F)c(F)c(F)c3)cn12. The molecule has 8 heteroatoms. The Balaban J connectivity index is 1.89. The van der Waals surface area contributed by atoms with Gasteiger partial charge in [0.2, 0.25) is 0 Å². The molecule has 0 saturated heterocycles. The summed E-state index contributed by atoms with van der Waals surface area (Å²) in [5, 5.41) is 7.94. The number of benzene rings is 1. The first-order chi connectivity index (χ1) is 11.5. The van der Waals surface area contributed by atoms with Gasteiger partial charge in [0.1, 0.15) is 11.5 Å². The van der Waals surface area contributed by atoms with Crippen LogP contribution in [0, 0.1) is 24.4 Å². The minimum Gasteiger partial charge on any atom is -0.443 e. The number of rotatable bonds is 2. The van der Waals surface area contributed by atoms with Crippen molar-refractivity contribution in [3.8, 4) is 22.6 Å². The van der Waals surface area contributed by atoms with Crippen LogP contribution in [-0.4, -0.2) is 19.6 Å². The number of fused-ring (bicyclic) bond motifs is 1. The predicted molar refractivity (Wildman–Crippen MR) is 78.5 cm³/mol. The molecule has 0 atom stereocenters. The normalized spacial score (nSPS) is 11.3. The van der Waals surface area contributed by atoms with E-state index in [9.17, 15) is 13.2 Å². The third-order valence-corrected chi connectivity index (χ3v) is 3.66. The maximum absolute atomic E-state index is 13.5. The summed E-state index contributed by atoms with van der Waals surface area (Å²) in [4.78, 5) is 4.00. The van der Waals surface area contributed by atoms with Crippen LogP contribution < -0.4 is 0 Å². The van der Waals surface area contributed by atoms with Crippen molar-refractivity contribution in [1.82, 2.24) is 19.6 Å². The number of pyridine rings is 1. The molecule has 0 N–H and O–H groups in total. The third-order valence-electron chi connectivity index (χ3n) is 3.66. The number of aryl methyl sites for hydroxylation is 1. The van der Waals surface area contributed by atoms with Crippen LogP contribution in [0.1, 0.15) is 5.82 Å². The van der Waals surface area contributed by atoms with Gasteiger partial charge in [-0.2, -0.15) is 0 Å². The topological polar surface area (TPSA) is 56.2 Å². The van der Waals surface area contributed by atoms with E-state index in [1.807, 2.05) is 0 Å². The molecule has 0 saturated carbocycles. The van der Waals surface area contributed by atoms with Crippen molar-refractivity contribution in [2.45, 2.75) is 6.92 Å². The van der Waals surface area contributed by atoms with Gasteiger partial charge in [0.05, 0.1) is 0 Å². The minimum absolute atomic E-state index is 0.0794. The monoisotopic (exact) mass is 330 g/mol. The zero-order valence-electron chi connectivity index (χ0n) is 12.3. The highest BCUT2D eigenvalue weighted by molar-refractivity contribution is 5.76. The molecule has 4 rings (SSSR count). The van der Waals surface area contributed by atoms with E-state index in [0.29, 0.717) is 22.8 Å². The summed E-state index contributed by atoms with van der Waals surface area (Å²) in [5.74, 6) is -3.12. The summed E-state index contributed by atoms with van der Waals surface area (Å²) < 4.78 is 47.3. The molecule has 0 fully saturated rings. The first kappa shape index (κ1) is 14.4. The van der Waals surface area contributed by atoms with E-state index in [0.717, 1.165) is 18.5 Å². The quantitative estimate of drug-likeness (QED) is 0.525. The van der Waals surface area contributed by atoms with E-state index in [4.69, 9.17) is 4.42 Å². The van der Waals surface area contributed by atoms with E-state index in [1.165, 1.54) is 0 Å². The third kappa shape index (κ3) is 2.15. The fraction of sp³-hybridized carbons (Fsp3) is 0.0625.